The number of thiazole rings is 1. The number of nitrogens with one attached hydrogen (secondary N) is 1. The number of hydrogen-bond acceptors (Lipinski definition) is 3. The maximum absolute atomic E-state index is 5.83. The largest absolute Gasteiger partial charge is 0.456 e. The minimum Gasteiger partial charge on any atom is -0.456 e. The van der Waals surface area contributed by atoms with Crippen LogP contribution in [0.25, 0.3) is 32.2 Å². The molecule has 0 radical (unpaired) electrons. The van der Waals surface area contributed by atoms with Crippen molar-refractivity contribution in [2.24, 2.45) is 0 Å². The van der Waals surface area contributed by atoms with E-state index in [1.165, 1.54) is 0 Å². The van der Waals surface area contributed by atoms with Gasteiger partial charge in [-0.2, -0.15) is 0 Å². The Labute approximate surface area is 105 Å². The molecule has 0 unspecified atom stereocenters. The minimum absolute atomic E-state index is 0.803. The van der Waals surface area contributed by atoms with Crippen LogP contribution in [0.1, 0.15) is 0 Å². The molecule has 2 aromatic carbocycles. The first-order valence-electron chi connectivity index (χ1n) is 5.25. The van der Waals surface area contributed by atoms with Gasteiger partial charge in [0, 0.05) is 16.8 Å². The van der Waals surface area contributed by atoms with Crippen molar-refractivity contribution in [1.82, 2.24) is 4.98 Å². The van der Waals surface area contributed by atoms with E-state index in [1.54, 1.807) is 11.3 Å². The van der Waals surface area contributed by atoms with Crippen LogP contribution in [-0.4, -0.2) is 4.98 Å². The van der Waals surface area contributed by atoms with Crippen molar-refractivity contribution in [3.05, 3.63) is 40.4 Å². The molecule has 2 nitrogen and oxygen atoms in total. The van der Waals surface area contributed by atoms with Crippen molar-refractivity contribution in [3.63, 3.8) is 0 Å². The second kappa shape index (κ2) is 3.18. The molecule has 4 rings (SSSR count). The molecule has 0 aliphatic rings. The van der Waals surface area contributed by atoms with Crippen LogP contribution in [0.5, 0.6) is 0 Å². The number of para-hydroxylation sites is 1. The van der Waals surface area contributed by atoms with Crippen LogP contribution in [0.3, 0.4) is 0 Å². The summed E-state index contributed by atoms with van der Waals surface area (Å²) in [6.07, 6.45) is 0. The predicted octanol–water partition coefficient (Wildman–Crippen LogP) is 4.86. The monoisotopic (exact) mass is 257 g/mol. The second-order valence-corrected chi connectivity index (χ2v) is 5.68. The normalized spacial score (nSPS) is 11.8. The molecule has 82 valence electrons. The fourth-order valence-electron chi connectivity index (χ4n) is 2.17. The number of hydrogen-bond donors (Lipinski definition) is 1. The Hall–Kier alpha value is -1.65. The third-order valence-electron chi connectivity index (χ3n) is 2.92. The molecule has 4 heteroatoms. The van der Waals surface area contributed by atoms with E-state index < -0.39 is 0 Å². The highest BCUT2D eigenvalue weighted by Crippen LogP contribution is 2.32. The van der Waals surface area contributed by atoms with Gasteiger partial charge in [0.05, 0.1) is 10.2 Å². The molecule has 1 N–H and O–H groups in total. The van der Waals surface area contributed by atoms with E-state index in [-0.39, 0.29) is 0 Å². The van der Waals surface area contributed by atoms with E-state index in [1.807, 2.05) is 18.2 Å². The van der Waals surface area contributed by atoms with Gasteiger partial charge < -0.3 is 9.40 Å². The van der Waals surface area contributed by atoms with E-state index in [2.05, 4.69) is 23.2 Å². The summed E-state index contributed by atoms with van der Waals surface area (Å²) < 4.78 is 7.77. The third-order valence-corrected chi connectivity index (χ3v) is 4.12. The molecular formula is C13H7NOS2. The SMILES string of the molecule is S=c1[nH]c2cc3c(cc2s1)oc1ccccc13. The summed E-state index contributed by atoms with van der Waals surface area (Å²) in [5.74, 6) is 0. The van der Waals surface area contributed by atoms with Gasteiger partial charge in [-0.3, -0.25) is 0 Å². The zero-order valence-corrected chi connectivity index (χ0v) is 10.3. The van der Waals surface area contributed by atoms with E-state index in [4.69, 9.17) is 16.6 Å². The quantitative estimate of drug-likeness (QED) is 0.456. The standard InChI is InChI=1S/C13H7NOS2/c16-13-14-9-5-8-7-3-1-2-4-10(7)15-11(8)6-12(9)17-13/h1-6H,(H,14,16). The highest BCUT2D eigenvalue weighted by molar-refractivity contribution is 7.73. The van der Waals surface area contributed by atoms with Crippen LogP contribution >= 0.6 is 23.6 Å². The number of rotatable bonds is 0. The summed E-state index contributed by atoms with van der Waals surface area (Å²) in [7, 11) is 0. The second-order valence-electron chi connectivity index (χ2n) is 3.96. The average molecular weight is 257 g/mol. The van der Waals surface area contributed by atoms with Crippen molar-refractivity contribution < 1.29 is 4.42 Å². The molecule has 0 atom stereocenters. The first-order chi connectivity index (χ1) is 8.31. The van der Waals surface area contributed by atoms with Crippen LogP contribution in [0.4, 0.5) is 0 Å². The predicted molar refractivity (Wildman–Crippen MR) is 74.3 cm³/mol. The van der Waals surface area contributed by atoms with Crippen LogP contribution in [0.2, 0.25) is 0 Å². The van der Waals surface area contributed by atoms with Gasteiger partial charge in [-0.05, 0) is 24.4 Å². The maximum atomic E-state index is 5.83. The lowest BCUT2D eigenvalue weighted by atomic mass is 10.1. The Morgan fingerprint density at radius 1 is 1.06 bits per heavy atom. The van der Waals surface area contributed by atoms with E-state index in [0.29, 0.717) is 0 Å². The van der Waals surface area contributed by atoms with Crippen molar-refractivity contribution in [3.8, 4) is 0 Å². The van der Waals surface area contributed by atoms with Crippen LogP contribution < -0.4 is 0 Å². The summed E-state index contributed by atoms with van der Waals surface area (Å²) in [4.78, 5) is 3.20. The van der Waals surface area contributed by atoms with Crippen molar-refractivity contribution in [2.75, 3.05) is 0 Å². The van der Waals surface area contributed by atoms with Gasteiger partial charge in [0.2, 0.25) is 0 Å². The van der Waals surface area contributed by atoms with Crippen LogP contribution in [0.15, 0.2) is 40.8 Å². The molecule has 0 aliphatic carbocycles. The highest BCUT2D eigenvalue weighted by Gasteiger charge is 2.08. The zero-order chi connectivity index (χ0) is 11.4. The molecule has 0 fully saturated rings. The molecular weight excluding hydrogens is 250 g/mol. The Morgan fingerprint density at radius 3 is 2.88 bits per heavy atom. The molecule has 17 heavy (non-hydrogen) atoms. The average Bonchev–Trinajstić information content (AvgIpc) is 2.84. The number of furan rings is 1. The number of aromatic nitrogens is 1. The molecule has 0 saturated carbocycles. The van der Waals surface area contributed by atoms with Gasteiger partial charge in [-0.1, -0.05) is 18.2 Å². The number of H-pyrrole nitrogens is 1. The van der Waals surface area contributed by atoms with E-state index >= 15 is 0 Å². The lowest BCUT2D eigenvalue weighted by Crippen LogP contribution is -1.68. The molecule has 0 aliphatic heterocycles. The fraction of sp³-hybridized carbons (Fsp3) is 0. The summed E-state index contributed by atoms with van der Waals surface area (Å²) in [6, 6.07) is 12.3. The Bertz CT molecular complexity index is 913. The van der Waals surface area contributed by atoms with Gasteiger partial charge in [0.1, 0.15) is 11.2 Å². The van der Waals surface area contributed by atoms with Gasteiger partial charge in [-0.25, -0.2) is 0 Å². The molecule has 2 aromatic heterocycles. The summed E-state index contributed by atoms with van der Waals surface area (Å²) in [6.45, 7) is 0. The summed E-state index contributed by atoms with van der Waals surface area (Å²) in [5, 5.41) is 2.28. The minimum atomic E-state index is 0.803. The molecule has 0 spiro atoms. The fourth-order valence-corrected chi connectivity index (χ4v) is 3.30. The van der Waals surface area contributed by atoms with Crippen LogP contribution in [0, 0.1) is 3.95 Å². The molecule has 4 aromatic rings. The van der Waals surface area contributed by atoms with Crippen molar-refractivity contribution in [2.45, 2.75) is 0 Å². The topological polar surface area (TPSA) is 28.9 Å². The Balaban J connectivity index is 2.30. The van der Waals surface area contributed by atoms with Crippen molar-refractivity contribution >= 4 is 55.7 Å². The third kappa shape index (κ3) is 1.28. The highest BCUT2D eigenvalue weighted by atomic mass is 32.1. The zero-order valence-electron chi connectivity index (χ0n) is 8.69. The maximum Gasteiger partial charge on any atom is 0.159 e. The van der Waals surface area contributed by atoms with E-state index in [9.17, 15) is 0 Å². The first kappa shape index (κ1) is 9.39. The van der Waals surface area contributed by atoms with E-state index in [0.717, 1.165) is 36.1 Å². The van der Waals surface area contributed by atoms with Crippen molar-refractivity contribution in [1.29, 1.82) is 0 Å². The molecule has 0 amide bonds. The van der Waals surface area contributed by atoms with Gasteiger partial charge >= 0.3 is 0 Å². The Morgan fingerprint density at radius 2 is 1.94 bits per heavy atom. The lowest BCUT2D eigenvalue weighted by Gasteiger charge is -1.89. The molecule has 0 saturated heterocycles. The first-order valence-corrected chi connectivity index (χ1v) is 6.48. The number of benzene rings is 2. The van der Waals surface area contributed by atoms with Crippen LogP contribution in [-0.2, 0) is 0 Å². The Kier molecular flexibility index (Phi) is 1.76. The lowest BCUT2D eigenvalue weighted by molar-refractivity contribution is 0.669. The summed E-state index contributed by atoms with van der Waals surface area (Å²) in [5.41, 5.74) is 2.93. The smallest absolute Gasteiger partial charge is 0.159 e. The molecule has 0 bridgehead atoms. The van der Waals surface area contributed by atoms with Gasteiger partial charge in [0.15, 0.2) is 3.95 Å². The number of fused-ring (bicyclic) bond motifs is 4. The molecule has 2 heterocycles. The number of aromatic amines is 1. The van der Waals surface area contributed by atoms with Gasteiger partial charge in [0.25, 0.3) is 0 Å². The van der Waals surface area contributed by atoms with Gasteiger partial charge in [-0.15, -0.1) is 11.3 Å². The summed E-state index contributed by atoms with van der Waals surface area (Å²) >= 11 is 6.73.